The molecule has 3 rings (SSSR count). The fraction of sp³-hybridized carbons (Fsp3) is 0.105. The van der Waals surface area contributed by atoms with E-state index in [4.69, 9.17) is 17.0 Å². The largest absolute Gasteiger partial charge is 0.496 e. The van der Waals surface area contributed by atoms with Gasteiger partial charge in [0.05, 0.1) is 12.8 Å². The Morgan fingerprint density at radius 1 is 1.19 bits per heavy atom. The minimum atomic E-state index is -0.613. The minimum Gasteiger partial charge on any atom is -0.496 e. The molecule has 0 radical (unpaired) electrons. The standard InChI is InChI=1S/C19H15FN2O3S/c1-11-8-12(6-7-16(11)25-2)9-15-17(23)21-19(26)22(18(15)24)14-5-3-4-13(20)10-14/h3-10H,1-2H3,(H,21,23,26)/b15-9+. The second-order valence-electron chi connectivity index (χ2n) is 5.67. The van der Waals surface area contributed by atoms with Gasteiger partial charge in [-0.25, -0.2) is 4.39 Å². The van der Waals surface area contributed by atoms with Crippen LogP contribution in [0.5, 0.6) is 5.75 Å². The zero-order valence-corrected chi connectivity index (χ0v) is 14.9. The summed E-state index contributed by atoms with van der Waals surface area (Å²) in [7, 11) is 1.57. The highest BCUT2D eigenvalue weighted by atomic mass is 32.1. The number of nitrogens with one attached hydrogen (secondary N) is 1. The van der Waals surface area contributed by atoms with Crippen molar-refractivity contribution in [2.75, 3.05) is 12.0 Å². The fourth-order valence-corrected chi connectivity index (χ4v) is 2.95. The number of anilines is 1. The highest BCUT2D eigenvalue weighted by Gasteiger charge is 2.34. The van der Waals surface area contributed by atoms with Gasteiger partial charge >= 0.3 is 0 Å². The minimum absolute atomic E-state index is 0.0892. The molecule has 0 unspecified atom stereocenters. The zero-order valence-electron chi connectivity index (χ0n) is 14.1. The quantitative estimate of drug-likeness (QED) is 0.513. The van der Waals surface area contributed by atoms with Crippen LogP contribution in [0.15, 0.2) is 48.0 Å². The Morgan fingerprint density at radius 2 is 1.96 bits per heavy atom. The number of ether oxygens (including phenoxy) is 1. The summed E-state index contributed by atoms with van der Waals surface area (Å²) in [6, 6.07) is 10.7. The summed E-state index contributed by atoms with van der Waals surface area (Å²) in [5.74, 6) is -1.01. The molecule has 1 aliphatic rings. The first-order valence-electron chi connectivity index (χ1n) is 7.72. The molecule has 1 aliphatic heterocycles. The lowest BCUT2D eigenvalue weighted by Crippen LogP contribution is -2.54. The molecule has 1 saturated heterocycles. The SMILES string of the molecule is COc1ccc(/C=C2\C(=O)NC(=S)N(c3cccc(F)c3)C2=O)cc1C. The number of benzene rings is 2. The van der Waals surface area contributed by atoms with Crippen LogP contribution in [-0.4, -0.2) is 24.0 Å². The summed E-state index contributed by atoms with van der Waals surface area (Å²) in [5, 5.41) is 2.38. The van der Waals surface area contributed by atoms with Gasteiger partial charge in [0.2, 0.25) is 0 Å². The predicted molar refractivity (Wildman–Crippen MR) is 100 cm³/mol. The van der Waals surface area contributed by atoms with Crippen molar-refractivity contribution < 1.29 is 18.7 Å². The van der Waals surface area contributed by atoms with E-state index in [9.17, 15) is 14.0 Å². The molecule has 1 heterocycles. The molecule has 0 aliphatic carbocycles. The molecular formula is C19H15FN2O3S. The number of nitrogens with zero attached hydrogens (tertiary/aromatic N) is 1. The Morgan fingerprint density at radius 3 is 2.62 bits per heavy atom. The highest BCUT2D eigenvalue weighted by molar-refractivity contribution is 7.80. The maximum atomic E-state index is 13.5. The lowest BCUT2D eigenvalue weighted by atomic mass is 10.0. The van der Waals surface area contributed by atoms with E-state index in [1.807, 2.05) is 6.92 Å². The molecule has 2 aromatic carbocycles. The van der Waals surface area contributed by atoms with Crippen molar-refractivity contribution in [1.82, 2.24) is 5.32 Å². The van der Waals surface area contributed by atoms with E-state index in [0.717, 1.165) is 10.5 Å². The van der Waals surface area contributed by atoms with Gasteiger partial charge in [-0.1, -0.05) is 12.1 Å². The number of hydrogen-bond acceptors (Lipinski definition) is 4. The van der Waals surface area contributed by atoms with Crippen LogP contribution in [0.25, 0.3) is 6.08 Å². The average molecular weight is 370 g/mol. The highest BCUT2D eigenvalue weighted by Crippen LogP contribution is 2.24. The Balaban J connectivity index is 2.01. The molecular weight excluding hydrogens is 355 g/mol. The van der Waals surface area contributed by atoms with Crippen LogP contribution < -0.4 is 15.0 Å². The third-order valence-electron chi connectivity index (χ3n) is 3.90. The molecule has 0 atom stereocenters. The van der Waals surface area contributed by atoms with Gasteiger partial charge < -0.3 is 4.74 Å². The number of thiocarbonyl (C=S) groups is 1. The molecule has 0 aromatic heterocycles. The van der Waals surface area contributed by atoms with E-state index in [0.29, 0.717) is 11.3 Å². The molecule has 132 valence electrons. The van der Waals surface area contributed by atoms with E-state index in [2.05, 4.69) is 5.32 Å². The number of carbonyl (C=O) groups is 2. The molecule has 0 bridgehead atoms. The predicted octanol–water partition coefficient (Wildman–Crippen LogP) is 2.97. The third kappa shape index (κ3) is 3.34. The van der Waals surface area contributed by atoms with Gasteiger partial charge in [0.25, 0.3) is 11.8 Å². The topological polar surface area (TPSA) is 58.6 Å². The lowest BCUT2D eigenvalue weighted by Gasteiger charge is -2.28. The summed E-state index contributed by atoms with van der Waals surface area (Å²) < 4.78 is 18.7. The number of aryl methyl sites for hydroxylation is 1. The molecule has 1 fully saturated rings. The van der Waals surface area contributed by atoms with Gasteiger partial charge in [0.15, 0.2) is 5.11 Å². The maximum Gasteiger partial charge on any atom is 0.270 e. The Kier molecular flexibility index (Phi) is 4.81. The van der Waals surface area contributed by atoms with Crippen molar-refractivity contribution in [2.45, 2.75) is 6.92 Å². The van der Waals surface area contributed by atoms with Crippen molar-refractivity contribution in [3.8, 4) is 5.75 Å². The second kappa shape index (κ2) is 7.05. The van der Waals surface area contributed by atoms with Crippen LogP contribution in [0.2, 0.25) is 0 Å². The monoisotopic (exact) mass is 370 g/mol. The van der Waals surface area contributed by atoms with E-state index in [1.165, 1.54) is 24.3 Å². The molecule has 1 N–H and O–H groups in total. The van der Waals surface area contributed by atoms with Gasteiger partial charge in [-0.2, -0.15) is 0 Å². The first-order chi connectivity index (χ1) is 12.4. The first-order valence-corrected chi connectivity index (χ1v) is 8.13. The summed E-state index contributed by atoms with van der Waals surface area (Å²) in [6.45, 7) is 1.86. The Labute approximate surface area is 155 Å². The molecule has 0 saturated carbocycles. The third-order valence-corrected chi connectivity index (χ3v) is 4.18. The number of methoxy groups -OCH3 is 1. The van der Waals surface area contributed by atoms with Crippen molar-refractivity contribution in [1.29, 1.82) is 0 Å². The van der Waals surface area contributed by atoms with Crippen molar-refractivity contribution in [3.63, 3.8) is 0 Å². The Hall–Kier alpha value is -3.06. The molecule has 2 amide bonds. The van der Waals surface area contributed by atoms with Crippen molar-refractivity contribution >= 4 is 40.9 Å². The summed E-state index contributed by atoms with van der Waals surface area (Å²) in [4.78, 5) is 26.2. The maximum absolute atomic E-state index is 13.5. The number of hydrogen-bond donors (Lipinski definition) is 1. The smallest absolute Gasteiger partial charge is 0.270 e. The van der Waals surface area contributed by atoms with Gasteiger partial charge in [0, 0.05) is 0 Å². The van der Waals surface area contributed by atoms with E-state index >= 15 is 0 Å². The summed E-state index contributed by atoms with van der Waals surface area (Å²) in [6.07, 6.45) is 1.47. The van der Waals surface area contributed by atoms with Crippen LogP contribution in [0, 0.1) is 12.7 Å². The lowest BCUT2D eigenvalue weighted by molar-refractivity contribution is -0.122. The fourth-order valence-electron chi connectivity index (χ4n) is 2.67. The van der Waals surface area contributed by atoms with Gasteiger partial charge in [-0.3, -0.25) is 19.8 Å². The number of amides is 2. The van der Waals surface area contributed by atoms with E-state index in [-0.39, 0.29) is 16.4 Å². The number of carbonyl (C=O) groups excluding carboxylic acids is 2. The second-order valence-corrected chi connectivity index (χ2v) is 6.05. The molecule has 5 nitrogen and oxygen atoms in total. The Bertz CT molecular complexity index is 956. The first kappa shape index (κ1) is 17.8. The molecule has 26 heavy (non-hydrogen) atoms. The normalized spacial score (nSPS) is 16.0. The van der Waals surface area contributed by atoms with Crippen LogP contribution in [0.3, 0.4) is 0 Å². The van der Waals surface area contributed by atoms with E-state index in [1.54, 1.807) is 31.4 Å². The summed E-state index contributed by atoms with van der Waals surface area (Å²) >= 11 is 5.08. The van der Waals surface area contributed by atoms with Gasteiger partial charge in [0.1, 0.15) is 17.1 Å². The van der Waals surface area contributed by atoms with Gasteiger partial charge in [-0.05, 0) is 66.7 Å². The van der Waals surface area contributed by atoms with Gasteiger partial charge in [-0.15, -0.1) is 0 Å². The summed E-state index contributed by atoms with van der Waals surface area (Å²) in [5.41, 5.74) is 1.68. The van der Waals surface area contributed by atoms with Crippen LogP contribution in [0.1, 0.15) is 11.1 Å². The zero-order chi connectivity index (χ0) is 18.8. The molecule has 7 heteroatoms. The van der Waals surface area contributed by atoms with E-state index < -0.39 is 17.6 Å². The number of halogens is 1. The molecule has 0 spiro atoms. The number of rotatable bonds is 3. The van der Waals surface area contributed by atoms with Crippen LogP contribution in [-0.2, 0) is 9.59 Å². The van der Waals surface area contributed by atoms with Crippen LogP contribution >= 0.6 is 12.2 Å². The van der Waals surface area contributed by atoms with Crippen LogP contribution in [0.4, 0.5) is 10.1 Å². The van der Waals surface area contributed by atoms with Crippen molar-refractivity contribution in [2.24, 2.45) is 0 Å². The molecule has 2 aromatic rings. The van der Waals surface area contributed by atoms with Crippen molar-refractivity contribution in [3.05, 3.63) is 65.0 Å². The average Bonchev–Trinajstić information content (AvgIpc) is 2.58.